The molecular weight excluding hydrogens is 320 g/mol. The predicted molar refractivity (Wildman–Crippen MR) is 97.9 cm³/mol. The van der Waals surface area contributed by atoms with Gasteiger partial charge < -0.3 is 4.74 Å². The minimum atomic E-state index is -0.259. The summed E-state index contributed by atoms with van der Waals surface area (Å²) in [7, 11) is 1.67. The van der Waals surface area contributed by atoms with E-state index >= 15 is 0 Å². The first-order valence-electron chi connectivity index (χ1n) is 8.56. The molecule has 0 unspecified atom stereocenters. The van der Waals surface area contributed by atoms with Gasteiger partial charge in [-0.15, -0.1) is 0 Å². The van der Waals surface area contributed by atoms with Gasteiger partial charge in [-0.05, 0) is 61.1 Å². The van der Waals surface area contributed by atoms with Crippen LogP contribution in [0.3, 0.4) is 0 Å². The highest BCUT2D eigenvalue weighted by atomic mass is 35.5. The number of carbonyl (C=O) groups excluding carboxylic acids is 1. The molecule has 126 valence electrons. The molecule has 1 aliphatic rings. The summed E-state index contributed by atoms with van der Waals surface area (Å²) in [5, 5.41) is 0.722. The van der Waals surface area contributed by atoms with E-state index < -0.39 is 0 Å². The lowest BCUT2D eigenvalue weighted by atomic mass is 9.61. The molecular formula is C21H23ClO2. The highest BCUT2D eigenvalue weighted by Crippen LogP contribution is 2.45. The number of rotatable bonds is 7. The summed E-state index contributed by atoms with van der Waals surface area (Å²) < 4.78 is 5.17. The Morgan fingerprint density at radius 3 is 2.29 bits per heavy atom. The van der Waals surface area contributed by atoms with Crippen LogP contribution in [0.5, 0.6) is 5.75 Å². The van der Waals surface area contributed by atoms with Gasteiger partial charge in [-0.3, -0.25) is 4.79 Å². The summed E-state index contributed by atoms with van der Waals surface area (Å²) in [5.74, 6) is 1.25. The average Bonchev–Trinajstić information content (AvgIpc) is 2.56. The van der Waals surface area contributed by atoms with Crippen LogP contribution in [-0.2, 0) is 16.6 Å². The van der Waals surface area contributed by atoms with Gasteiger partial charge in [0.1, 0.15) is 11.5 Å². The molecule has 3 heteroatoms. The fraction of sp³-hybridized carbons (Fsp3) is 0.381. The molecule has 1 saturated carbocycles. The van der Waals surface area contributed by atoms with Crippen molar-refractivity contribution >= 4 is 17.4 Å². The molecule has 2 aromatic rings. The molecule has 0 amide bonds. The molecule has 0 radical (unpaired) electrons. The Hall–Kier alpha value is -1.80. The van der Waals surface area contributed by atoms with Gasteiger partial charge in [-0.2, -0.15) is 0 Å². The monoisotopic (exact) mass is 342 g/mol. The molecule has 1 fully saturated rings. The van der Waals surface area contributed by atoms with Gasteiger partial charge in [0.05, 0.1) is 12.5 Å². The maximum absolute atomic E-state index is 12.9. The van der Waals surface area contributed by atoms with Crippen LogP contribution in [0.25, 0.3) is 0 Å². The van der Waals surface area contributed by atoms with Gasteiger partial charge in [-0.25, -0.2) is 0 Å². The molecule has 0 aliphatic heterocycles. The van der Waals surface area contributed by atoms with Gasteiger partial charge in [0, 0.05) is 11.4 Å². The van der Waals surface area contributed by atoms with Crippen LogP contribution in [0.15, 0.2) is 48.5 Å². The minimum absolute atomic E-state index is 0.259. The summed E-state index contributed by atoms with van der Waals surface area (Å²) in [6.07, 6.45) is 5.51. The maximum atomic E-state index is 12.9. The van der Waals surface area contributed by atoms with E-state index in [-0.39, 0.29) is 5.41 Å². The zero-order chi connectivity index (χ0) is 17.0. The van der Waals surface area contributed by atoms with Crippen molar-refractivity contribution in [1.82, 2.24) is 0 Å². The normalized spacial score (nSPS) is 15.6. The summed E-state index contributed by atoms with van der Waals surface area (Å²) in [4.78, 5) is 12.9. The summed E-state index contributed by atoms with van der Waals surface area (Å²) in [6, 6.07) is 15.9. The molecule has 0 spiro atoms. The van der Waals surface area contributed by atoms with Gasteiger partial charge in [0.25, 0.3) is 0 Å². The lowest BCUT2D eigenvalue weighted by Gasteiger charge is -2.41. The Morgan fingerprint density at radius 2 is 1.75 bits per heavy atom. The molecule has 2 nitrogen and oxygen atoms in total. The Bertz CT molecular complexity index is 685. The number of halogens is 1. The van der Waals surface area contributed by atoms with Crippen LogP contribution in [0, 0.1) is 0 Å². The van der Waals surface area contributed by atoms with E-state index in [0.717, 1.165) is 48.4 Å². The molecule has 0 atom stereocenters. The molecule has 0 aromatic heterocycles. The standard InChI is InChI=1S/C21H23ClO2/c1-24-19-12-6-16(7-13-19)4-2-5-20(23)21(14-3-15-21)17-8-10-18(22)11-9-17/h6-13H,2-5,14-15H2,1H3. The Labute approximate surface area is 148 Å². The third-order valence-electron chi connectivity index (χ3n) is 5.17. The zero-order valence-electron chi connectivity index (χ0n) is 14.1. The van der Waals surface area contributed by atoms with Gasteiger partial charge in [0.15, 0.2) is 0 Å². The predicted octanol–water partition coefficient (Wildman–Crippen LogP) is 5.36. The number of ether oxygens (including phenoxy) is 1. The van der Waals surface area contributed by atoms with Gasteiger partial charge >= 0.3 is 0 Å². The lowest BCUT2D eigenvalue weighted by molar-refractivity contribution is -0.127. The largest absolute Gasteiger partial charge is 0.497 e. The fourth-order valence-electron chi connectivity index (χ4n) is 3.51. The van der Waals surface area contributed by atoms with Crippen molar-refractivity contribution in [2.75, 3.05) is 7.11 Å². The highest BCUT2D eigenvalue weighted by molar-refractivity contribution is 6.30. The molecule has 0 bridgehead atoms. The molecule has 2 aromatic carbocycles. The number of hydrogen-bond acceptors (Lipinski definition) is 2. The smallest absolute Gasteiger partial charge is 0.143 e. The van der Waals surface area contributed by atoms with Crippen molar-refractivity contribution in [3.05, 3.63) is 64.7 Å². The van der Waals surface area contributed by atoms with E-state index in [1.165, 1.54) is 5.56 Å². The fourth-order valence-corrected chi connectivity index (χ4v) is 3.64. The van der Waals surface area contributed by atoms with Crippen LogP contribution in [-0.4, -0.2) is 12.9 Å². The lowest BCUT2D eigenvalue weighted by Crippen LogP contribution is -2.42. The van der Waals surface area contributed by atoms with Crippen LogP contribution in [0.4, 0.5) is 0 Å². The topological polar surface area (TPSA) is 26.3 Å². The van der Waals surface area contributed by atoms with E-state index in [0.29, 0.717) is 12.2 Å². The number of hydrogen-bond donors (Lipinski definition) is 0. The molecule has 0 heterocycles. The van der Waals surface area contributed by atoms with Crippen LogP contribution >= 0.6 is 11.6 Å². The van der Waals surface area contributed by atoms with Gasteiger partial charge in [-0.1, -0.05) is 42.3 Å². The summed E-state index contributed by atoms with van der Waals surface area (Å²) in [5.41, 5.74) is 2.12. The van der Waals surface area contributed by atoms with E-state index in [4.69, 9.17) is 16.3 Å². The van der Waals surface area contributed by atoms with Crippen molar-refractivity contribution in [3.63, 3.8) is 0 Å². The SMILES string of the molecule is COc1ccc(CCCC(=O)C2(c3ccc(Cl)cc3)CCC2)cc1. The summed E-state index contributed by atoms with van der Waals surface area (Å²) in [6.45, 7) is 0. The first-order chi connectivity index (χ1) is 11.6. The Balaban J connectivity index is 1.59. The minimum Gasteiger partial charge on any atom is -0.497 e. The van der Waals surface area contributed by atoms with E-state index in [9.17, 15) is 4.79 Å². The molecule has 24 heavy (non-hydrogen) atoms. The third-order valence-corrected chi connectivity index (χ3v) is 5.42. The van der Waals surface area contributed by atoms with Crippen molar-refractivity contribution in [2.45, 2.75) is 43.9 Å². The van der Waals surface area contributed by atoms with Crippen molar-refractivity contribution in [1.29, 1.82) is 0 Å². The van der Waals surface area contributed by atoms with Gasteiger partial charge in [0.2, 0.25) is 0 Å². The Kier molecular flexibility index (Phi) is 5.25. The first kappa shape index (κ1) is 17.0. The summed E-state index contributed by atoms with van der Waals surface area (Å²) >= 11 is 5.98. The second-order valence-electron chi connectivity index (χ2n) is 6.57. The van der Waals surface area contributed by atoms with E-state index in [1.54, 1.807) is 7.11 Å². The third kappa shape index (κ3) is 3.49. The first-order valence-corrected chi connectivity index (χ1v) is 8.94. The number of benzene rings is 2. The number of methoxy groups -OCH3 is 1. The molecule has 0 saturated heterocycles. The zero-order valence-corrected chi connectivity index (χ0v) is 14.8. The quantitative estimate of drug-likeness (QED) is 0.676. The second kappa shape index (κ2) is 7.40. The molecule has 0 N–H and O–H groups in total. The van der Waals surface area contributed by atoms with Crippen LogP contribution in [0.2, 0.25) is 5.02 Å². The van der Waals surface area contributed by atoms with Crippen molar-refractivity contribution < 1.29 is 9.53 Å². The second-order valence-corrected chi connectivity index (χ2v) is 7.00. The number of ketones is 1. The highest BCUT2D eigenvalue weighted by Gasteiger charge is 2.44. The maximum Gasteiger partial charge on any atom is 0.143 e. The van der Waals surface area contributed by atoms with E-state index in [2.05, 4.69) is 12.1 Å². The Morgan fingerprint density at radius 1 is 1.08 bits per heavy atom. The number of Topliss-reactive ketones (excluding diaryl/α,β-unsaturated/α-hetero) is 1. The van der Waals surface area contributed by atoms with Crippen LogP contribution < -0.4 is 4.74 Å². The van der Waals surface area contributed by atoms with Crippen LogP contribution in [0.1, 0.15) is 43.2 Å². The molecule has 1 aliphatic carbocycles. The number of aryl methyl sites for hydroxylation is 1. The number of carbonyl (C=O) groups is 1. The average molecular weight is 343 g/mol. The van der Waals surface area contributed by atoms with Crippen molar-refractivity contribution in [3.8, 4) is 5.75 Å². The van der Waals surface area contributed by atoms with Crippen molar-refractivity contribution in [2.24, 2.45) is 0 Å². The molecule has 3 rings (SSSR count). The van der Waals surface area contributed by atoms with E-state index in [1.807, 2.05) is 36.4 Å².